The zero-order chi connectivity index (χ0) is 54.8. The molecule has 15 heteroatoms. The number of H-pyrrole nitrogens is 1. The van der Waals surface area contributed by atoms with E-state index in [2.05, 4.69) is 120 Å². The van der Waals surface area contributed by atoms with Gasteiger partial charge in [0.25, 0.3) is 0 Å². The average Bonchev–Trinajstić information content (AvgIpc) is 3.85. The van der Waals surface area contributed by atoms with Crippen LogP contribution in [0.5, 0.6) is 5.75 Å². The topological polar surface area (TPSA) is 176 Å². The highest BCUT2D eigenvalue weighted by Crippen LogP contribution is 2.65. The number of aromatic nitrogens is 1. The van der Waals surface area contributed by atoms with Gasteiger partial charge in [-0.15, -0.1) is 0 Å². The molecular formula is C61H79N7O7S. The van der Waals surface area contributed by atoms with Crippen LogP contribution in [0.1, 0.15) is 107 Å². The highest BCUT2D eigenvalue weighted by atomic mass is 32.3. The van der Waals surface area contributed by atoms with Crippen LogP contribution in [0.3, 0.4) is 0 Å². The van der Waals surface area contributed by atoms with Crippen molar-refractivity contribution in [3.63, 3.8) is 0 Å². The summed E-state index contributed by atoms with van der Waals surface area (Å²) in [6.45, 7) is 6.02. The van der Waals surface area contributed by atoms with E-state index in [-0.39, 0.29) is 36.8 Å². The summed E-state index contributed by atoms with van der Waals surface area (Å²) in [4.78, 5) is 82.4. The molecule has 5 N–H and O–H groups in total. The van der Waals surface area contributed by atoms with E-state index in [9.17, 15) is 29.1 Å². The Balaban J connectivity index is 1.08. The van der Waals surface area contributed by atoms with E-state index in [1.54, 1.807) is 19.2 Å². The van der Waals surface area contributed by atoms with Gasteiger partial charge in [0.1, 0.15) is 17.8 Å². The number of aromatic hydroxyl groups is 1. The number of hydrogen-bond acceptors (Lipinski definition) is 9. The number of carbonyl (C=O) groups excluding carboxylic acids is 5. The summed E-state index contributed by atoms with van der Waals surface area (Å²) in [5.74, 6) is -2.25. The Bertz CT molecular complexity index is 2860. The van der Waals surface area contributed by atoms with E-state index in [0.29, 0.717) is 62.7 Å². The number of rotatable bonds is 13. The highest BCUT2D eigenvalue weighted by molar-refractivity contribution is 8.32. The molecule has 7 rings (SSSR count). The first-order chi connectivity index (χ1) is 36.2. The molecule has 0 unspecified atom stereocenters. The third kappa shape index (κ3) is 14.1. The smallest absolute Gasteiger partial charge is 0.308 e. The predicted molar refractivity (Wildman–Crippen MR) is 307 cm³/mol. The van der Waals surface area contributed by atoms with Crippen LogP contribution in [0.15, 0.2) is 119 Å². The van der Waals surface area contributed by atoms with Gasteiger partial charge < -0.3 is 45.5 Å². The number of para-hydroxylation sites is 1. The lowest BCUT2D eigenvalue weighted by Crippen LogP contribution is -2.56. The van der Waals surface area contributed by atoms with Gasteiger partial charge in [-0.25, -0.2) is 0 Å². The lowest BCUT2D eigenvalue weighted by atomic mass is 9.95. The number of nitrogens with zero attached hydrogens (tertiary/aromatic N) is 3. The Morgan fingerprint density at radius 2 is 1.50 bits per heavy atom. The Kier molecular flexibility index (Phi) is 18.8. The van der Waals surface area contributed by atoms with Gasteiger partial charge in [0, 0.05) is 92.9 Å². The minimum absolute atomic E-state index is 0.0295. The molecule has 4 amide bonds. The second kappa shape index (κ2) is 25.2. The molecule has 0 radical (unpaired) electrons. The minimum Gasteiger partial charge on any atom is -0.508 e. The number of cyclic esters (lactones) is 1. The number of unbranched alkanes of at least 4 members (excludes halogenated alkanes) is 1. The molecule has 5 aromatic rings. The number of anilines is 2. The molecule has 76 heavy (non-hydrogen) atoms. The number of likely N-dealkylation sites (N-methyl/N-ethyl adjacent to an activating group) is 1. The Hall–Kier alpha value is -7.00. The zero-order valence-corrected chi connectivity index (χ0v) is 46.9. The number of fused-ring (bicyclic) bond motifs is 3. The summed E-state index contributed by atoms with van der Waals surface area (Å²) in [6.07, 6.45) is 12.3. The largest absolute Gasteiger partial charge is 0.508 e. The molecule has 1 aromatic heterocycles. The maximum absolute atomic E-state index is 14.9. The zero-order valence-electron chi connectivity index (χ0n) is 46.1. The fourth-order valence-electron chi connectivity index (χ4n) is 10.3. The Morgan fingerprint density at radius 3 is 2.14 bits per heavy atom. The molecule has 0 bridgehead atoms. The molecule has 5 atom stereocenters. The standard InChI is InChI=1S/C61H79N7O7S/c1-39-17-15-18-41(3)75-58(71)38-53(42-24-28-47(69)29-25-42)65-60(73)54(35-44-34-43-19-11-12-21-51(43)63-44)68(8)61(74)52(64-59(72)40(2)33-39)22-13-14-32-62-57(70)23-16-20-48-49-30-26-45(66(4)5)36-55(49)76(9,10)56-37-46(67(6)7)27-31-50(48)56/h11-12,17,19-21,24-31,34,36-37,40-41,52-54,63,69H,13-16,18,22-23,32-33,35,38H2,1-10H3,(H,62,70)(H,64,72)(H,65,73)/b39-17+/t40-,41-,52-,53+,54+/m0/s1. The molecule has 0 saturated carbocycles. The van der Waals surface area contributed by atoms with Crippen LogP contribution in [0.2, 0.25) is 0 Å². The van der Waals surface area contributed by atoms with E-state index in [4.69, 9.17) is 4.74 Å². The second-order valence-electron chi connectivity index (χ2n) is 21.5. The van der Waals surface area contributed by atoms with Crippen LogP contribution < -0.4 is 25.8 Å². The van der Waals surface area contributed by atoms with E-state index >= 15 is 0 Å². The third-order valence-electron chi connectivity index (χ3n) is 14.8. The maximum Gasteiger partial charge on any atom is 0.308 e. The van der Waals surface area contributed by atoms with Crippen molar-refractivity contribution in [3.05, 3.63) is 131 Å². The van der Waals surface area contributed by atoms with Gasteiger partial charge in [-0.2, -0.15) is 10.0 Å². The van der Waals surface area contributed by atoms with Crippen LogP contribution in [-0.4, -0.2) is 117 Å². The first-order valence-electron chi connectivity index (χ1n) is 26.6. The van der Waals surface area contributed by atoms with Gasteiger partial charge >= 0.3 is 5.97 Å². The van der Waals surface area contributed by atoms with Crippen LogP contribution in [0.4, 0.5) is 11.4 Å². The lowest BCUT2D eigenvalue weighted by Gasteiger charge is -2.42. The molecule has 406 valence electrons. The Morgan fingerprint density at radius 1 is 0.842 bits per heavy atom. The van der Waals surface area contributed by atoms with Crippen LogP contribution in [0, 0.1) is 5.92 Å². The van der Waals surface area contributed by atoms with Gasteiger partial charge in [0.05, 0.1) is 18.6 Å². The molecule has 0 spiro atoms. The quantitative estimate of drug-likeness (QED) is 0.0437. The third-order valence-corrected chi connectivity index (χ3v) is 17.7. The lowest BCUT2D eigenvalue weighted by molar-refractivity contribution is -0.149. The molecular weight excluding hydrogens is 975 g/mol. The van der Waals surface area contributed by atoms with E-state index in [0.717, 1.165) is 33.4 Å². The summed E-state index contributed by atoms with van der Waals surface area (Å²) in [5, 5.41) is 20.3. The molecule has 0 saturated heterocycles. The summed E-state index contributed by atoms with van der Waals surface area (Å²) in [7, 11) is 8.47. The van der Waals surface area contributed by atoms with E-state index < -0.39 is 58.0 Å². The van der Waals surface area contributed by atoms with Crippen molar-refractivity contribution in [1.29, 1.82) is 0 Å². The van der Waals surface area contributed by atoms with Crippen molar-refractivity contribution in [2.75, 3.05) is 64.1 Å². The fraction of sp³-hybridized carbons (Fsp3) is 0.426. The summed E-state index contributed by atoms with van der Waals surface area (Å²) in [5.41, 5.74) is 9.03. The number of carbonyl (C=O) groups is 5. The molecule has 2 aliphatic heterocycles. The number of hydrogen-bond donors (Lipinski definition) is 5. The monoisotopic (exact) mass is 1050 g/mol. The highest BCUT2D eigenvalue weighted by Gasteiger charge is 2.36. The van der Waals surface area contributed by atoms with Crippen LogP contribution in [0.25, 0.3) is 16.5 Å². The molecule has 3 heterocycles. The van der Waals surface area contributed by atoms with Crippen molar-refractivity contribution in [3.8, 4) is 5.75 Å². The van der Waals surface area contributed by atoms with E-state index in [1.807, 2.05) is 51.1 Å². The SMILES string of the molecule is C/C1=C\CC[C@H](C)OC(=O)C[C@H](c2ccc(O)cc2)NC(=O)[C@@H](Cc2cc3ccccc3[nH]2)N(C)C(=O)[C@H](CCCCNC(=O)CCC=C2c3ccc(N(C)C)cc3S(C)(C)c3cc(N(C)C)ccc32)NC(=O)[C@@H](C)C1. The van der Waals surface area contributed by atoms with Gasteiger partial charge in [0.2, 0.25) is 23.6 Å². The fourth-order valence-corrected chi connectivity index (χ4v) is 12.8. The Labute approximate surface area is 451 Å². The summed E-state index contributed by atoms with van der Waals surface area (Å²) < 4.78 is 5.83. The first-order valence-corrected chi connectivity index (χ1v) is 29.1. The number of phenolic OH excluding ortho intramolecular Hbond substituents is 1. The first kappa shape index (κ1) is 56.7. The summed E-state index contributed by atoms with van der Waals surface area (Å²) in [6, 6.07) is 26.5. The number of amides is 4. The van der Waals surface area contributed by atoms with Gasteiger partial charge in [-0.05, 0) is 147 Å². The number of ether oxygens (including phenoxy) is 1. The van der Waals surface area contributed by atoms with Crippen molar-refractivity contribution < 1.29 is 33.8 Å². The van der Waals surface area contributed by atoms with Crippen LogP contribution in [-0.2, 0) is 35.1 Å². The molecule has 14 nitrogen and oxygen atoms in total. The predicted octanol–water partition coefficient (Wildman–Crippen LogP) is 9.80. The normalized spacial score (nSPS) is 21.8. The number of phenols is 1. The number of nitrogens with one attached hydrogen (secondary N) is 4. The number of esters is 1. The van der Waals surface area contributed by atoms with E-state index in [1.165, 1.54) is 38.0 Å². The molecule has 4 aromatic carbocycles. The number of benzene rings is 4. The van der Waals surface area contributed by atoms with Crippen molar-refractivity contribution in [2.45, 2.75) is 119 Å². The second-order valence-corrected chi connectivity index (χ2v) is 25.0. The average molecular weight is 1050 g/mol. The molecule has 0 fully saturated rings. The van der Waals surface area contributed by atoms with Crippen LogP contribution >= 0.6 is 10.0 Å². The summed E-state index contributed by atoms with van der Waals surface area (Å²) >= 11 is 0. The van der Waals surface area contributed by atoms with Gasteiger partial charge in [0.15, 0.2) is 0 Å². The number of aromatic amines is 1. The van der Waals surface area contributed by atoms with Crippen molar-refractivity contribution in [1.82, 2.24) is 25.8 Å². The van der Waals surface area contributed by atoms with Gasteiger partial charge in [-0.1, -0.05) is 67.1 Å². The van der Waals surface area contributed by atoms with Crippen molar-refractivity contribution >= 4 is 67.5 Å². The molecule has 0 aliphatic carbocycles. The molecule has 2 aliphatic rings. The van der Waals surface area contributed by atoms with Gasteiger partial charge in [-0.3, -0.25) is 24.0 Å². The van der Waals surface area contributed by atoms with Crippen molar-refractivity contribution in [2.24, 2.45) is 5.92 Å². The minimum atomic E-state index is -1.35. The maximum atomic E-state index is 14.9. The number of allylic oxidation sites excluding steroid dienone is 3.